The van der Waals surface area contributed by atoms with Crippen LogP contribution in [0.3, 0.4) is 0 Å². The molecular weight excluding hydrogens is 428 g/mol. The summed E-state index contributed by atoms with van der Waals surface area (Å²) in [4.78, 5) is 10.2. The van der Waals surface area contributed by atoms with E-state index >= 15 is 0 Å². The van der Waals surface area contributed by atoms with Crippen LogP contribution in [-0.2, 0) is 27.5 Å². The van der Waals surface area contributed by atoms with Crippen LogP contribution in [0, 0.1) is 0 Å². The van der Waals surface area contributed by atoms with Crippen LogP contribution < -0.4 is 37.1 Å². The zero-order chi connectivity index (χ0) is 7.56. The van der Waals surface area contributed by atoms with E-state index in [-0.39, 0.29) is 63.9 Å². The molecule has 0 aliphatic carbocycles. The molecule has 0 saturated carbocycles. The minimum Gasteiger partial charge on any atom is -1.00 e. The normalized spacial score (nSPS) is 6.47. The number of halogens is 2. The summed E-state index contributed by atoms with van der Waals surface area (Å²) >= 11 is 0. The third kappa shape index (κ3) is 8.84. The maximum atomic E-state index is 10.2. The summed E-state index contributed by atoms with van der Waals surface area (Å²) in [7, 11) is 0. The van der Waals surface area contributed by atoms with Gasteiger partial charge in [-0.15, -0.1) is 0 Å². The molecule has 0 fully saturated rings. The molecule has 0 atom stereocenters. The number of nitrogens with zero attached hydrogens (tertiary/aromatic N) is 1. The number of aryl methyl sites for hydroxylation is 1. The Morgan fingerprint density at radius 1 is 1.47 bits per heavy atom. The van der Waals surface area contributed by atoms with E-state index in [9.17, 15) is 4.79 Å². The standard InChI is InChI=1S/C6H7NO3.2ClH.2H3N.Pt/c1-2-4-3-5(6(8)9)10-7-4;;;;;/h3H,2H2,1H3,(H,8,9);2*1H;2*1H3;/q;;;;;+2/p-2. The monoisotopic (exact) mass is 440 g/mol. The fourth-order valence-electron chi connectivity index (χ4n) is 0.579. The van der Waals surface area contributed by atoms with Crippen molar-refractivity contribution in [1.82, 2.24) is 17.5 Å². The van der Waals surface area contributed by atoms with Crippen LogP contribution in [0.15, 0.2) is 10.6 Å². The van der Waals surface area contributed by atoms with Gasteiger partial charge in [0.1, 0.15) is 0 Å². The molecule has 0 unspecified atom stereocenters. The van der Waals surface area contributed by atoms with Crippen LogP contribution in [0.1, 0.15) is 23.2 Å². The Balaban J connectivity index is -0.0000000667. The molecule has 0 saturated heterocycles. The second-order valence-corrected chi connectivity index (χ2v) is 1.84. The molecule has 0 radical (unpaired) electrons. The average Bonchev–Trinajstić information content (AvgIpc) is 2.34. The first kappa shape index (κ1) is 29.4. The second-order valence-electron chi connectivity index (χ2n) is 1.84. The maximum Gasteiger partial charge on any atom is 2.00 e. The van der Waals surface area contributed by atoms with E-state index < -0.39 is 5.97 Å². The van der Waals surface area contributed by atoms with E-state index in [0.717, 1.165) is 0 Å². The van der Waals surface area contributed by atoms with Gasteiger partial charge in [-0.25, -0.2) is 4.79 Å². The van der Waals surface area contributed by atoms with Crippen LogP contribution in [0.25, 0.3) is 0 Å². The van der Waals surface area contributed by atoms with E-state index in [1.54, 1.807) is 0 Å². The van der Waals surface area contributed by atoms with Gasteiger partial charge in [-0.1, -0.05) is 12.1 Å². The third-order valence-corrected chi connectivity index (χ3v) is 1.13. The van der Waals surface area contributed by atoms with Crippen molar-refractivity contribution < 1.29 is 60.3 Å². The van der Waals surface area contributed by atoms with Gasteiger partial charge in [0.25, 0.3) is 0 Å². The maximum absolute atomic E-state index is 10.2. The zero-order valence-electron chi connectivity index (χ0n) is 7.98. The molecule has 0 aromatic carbocycles. The number of aromatic carboxylic acids is 1. The first-order valence-electron chi connectivity index (χ1n) is 2.93. The molecule has 1 aromatic heterocycles. The minimum atomic E-state index is -1.08. The van der Waals surface area contributed by atoms with Gasteiger partial charge < -0.3 is 46.7 Å². The Morgan fingerprint density at radius 2 is 1.93 bits per heavy atom. The molecule has 0 aliphatic heterocycles. The first-order chi connectivity index (χ1) is 4.74. The van der Waals surface area contributed by atoms with Gasteiger partial charge in [0.05, 0.1) is 5.69 Å². The van der Waals surface area contributed by atoms with Crippen LogP contribution >= 0.6 is 0 Å². The topological polar surface area (TPSA) is 133 Å². The molecule has 1 heterocycles. The molecule has 9 heteroatoms. The summed E-state index contributed by atoms with van der Waals surface area (Å²) in [5.41, 5.74) is 0.664. The van der Waals surface area contributed by atoms with E-state index in [0.29, 0.717) is 12.1 Å². The average molecular weight is 441 g/mol. The summed E-state index contributed by atoms with van der Waals surface area (Å²) in [5, 5.41) is 11.9. The summed E-state index contributed by atoms with van der Waals surface area (Å²) in [6.45, 7) is 1.88. The van der Waals surface area contributed by atoms with E-state index in [1.165, 1.54) is 6.07 Å². The zero-order valence-corrected chi connectivity index (χ0v) is 11.8. The van der Waals surface area contributed by atoms with Gasteiger partial charge in [-0.05, 0) is 6.42 Å². The molecule has 0 amide bonds. The van der Waals surface area contributed by atoms with Gasteiger partial charge >= 0.3 is 27.0 Å². The van der Waals surface area contributed by atoms with Crippen LogP contribution in [0.5, 0.6) is 0 Å². The van der Waals surface area contributed by atoms with E-state index in [4.69, 9.17) is 5.11 Å². The number of carboxylic acid groups (broad SMARTS) is 1. The largest absolute Gasteiger partial charge is 2.00 e. The molecule has 1 aromatic rings. The number of hydrogen-bond acceptors (Lipinski definition) is 5. The smallest absolute Gasteiger partial charge is 1.00 e. The molecule has 6 nitrogen and oxygen atoms in total. The van der Waals surface area contributed by atoms with Crippen molar-refractivity contribution in [2.45, 2.75) is 13.3 Å². The Kier molecular flexibility index (Phi) is 27.1. The Hall–Kier alpha value is -0.132. The van der Waals surface area contributed by atoms with Gasteiger partial charge in [-0.3, -0.25) is 0 Å². The number of carboxylic acids is 1. The van der Waals surface area contributed by atoms with E-state index in [1.807, 2.05) is 6.92 Å². The summed E-state index contributed by atoms with van der Waals surface area (Å²) in [5.74, 6) is -1.18. The van der Waals surface area contributed by atoms with Gasteiger partial charge in [0.2, 0.25) is 5.76 Å². The van der Waals surface area contributed by atoms with Gasteiger partial charge in [0.15, 0.2) is 0 Å². The van der Waals surface area contributed by atoms with Crippen molar-refractivity contribution in [2.75, 3.05) is 0 Å². The van der Waals surface area contributed by atoms with Crippen molar-refractivity contribution in [2.24, 2.45) is 0 Å². The summed E-state index contributed by atoms with van der Waals surface area (Å²) in [6.07, 6.45) is 0.691. The minimum absolute atomic E-state index is 0. The number of aromatic nitrogens is 1. The predicted molar refractivity (Wildman–Crippen MR) is 42.9 cm³/mol. The molecule has 1 rings (SSSR count). The van der Waals surface area contributed by atoms with Gasteiger partial charge in [0, 0.05) is 6.07 Å². The molecule has 0 aliphatic rings. The van der Waals surface area contributed by atoms with Crippen molar-refractivity contribution in [1.29, 1.82) is 0 Å². The molecule has 0 spiro atoms. The third-order valence-electron chi connectivity index (χ3n) is 1.13. The number of hydrogen-bond donors (Lipinski definition) is 3. The molecule has 0 bridgehead atoms. The predicted octanol–water partition coefficient (Wildman–Crippen LogP) is -4.74. The van der Waals surface area contributed by atoms with Crippen molar-refractivity contribution in [3.05, 3.63) is 17.5 Å². The molecule has 94 valence electrons. The Morgan fingerprint density at radius 3 is 2.13 bits per heavy atom. The molecular formula is C6H13Cl2N3O3Pt. The van der Waals surface area contributed by atoms with Crippen molar-refractivity contribution in [3.8, 4) is 0 Å². The van der Waals surface area contributed by atoms with Crippen molar-refractivity contribution in [3.63, 3.8) is 0 Å². The van der Waals surface area contributed by atoms with Crippen LogP contribution in [-0.4, -0.2) is 16.2 Å². The number of carbonyl (C=O) groups is 1. The molecule has 7 N–H and O–H groups in total. The fraction of sp³-hybridized carbons (Fsp3) is 0.333. The van der Waals surface area contributed by atoms with E-state index in [2.05, 4.69) is 9.68 Å². The summed E-state index contributed by atoms with van der Waals surface area (Å²) in [6, 6.07) is 1.42. The second kappa shape index (κ2) is 13.9. The Bertz CT molecular complexity index is 260. The Labute approximate surface area is 114 Å². The number of rotatable bonds is 2. The first-order valence-corrected chi connectivity index (χ1v) is 2.93. The molecule has 15 heavy (non-hydrogen) atoms. The van der Waals surface area contributed by atoms with Gasteiger partial charge in [-0.2, -0.15) is 0 Å². The van der Waals surface area contributed by atoms with Crippen molar-refractivity contribution >= 4 is 5.97 Å². The fourth-order valence-corrected chi connectivity index (χ4v) is 0.579. The van der Waals surface area contributed by atoms with Crippen LogP contribution in [0.4, 0.5) is 0 Å². The summed E-state index contributed by atoms with van der Waals surface area (Å²) < 4.78 is 4.47. The van der Waals surface area contributed by atoms with Crippen LogP contribution in [0.2, 0.25) is 0 Å². The SMILES string of the molecule is CCc1cc(C(=O)O)on1.N.N.[Cl-].[Cl-].[Pt+2]. The quantitative estimate of drug-likeness (QED) is 0.423.